The minimum Gasteiger partial charge on any atom is -0.392 e. The van der Waals surface area contributed by atoms with E-state index < -0.39 is 6.04 Å². The second-order valence-electron chi connectivity index (χ2n) is 6.27. The highest BCUT2D eigenvalue weighted by Crippen LogP contribution is 2.21. The molecule has 3 rings (SSSR count). The number of benzene rings is 1. The molecule has 6 heteroatoms. The molecule has 2 heterocycles. The quantitative estimate of drug-likeness (QED) is 0.889. The molecule has 2 aromatic rings. The van der Waals surface area contributed by atoms with Crippen molar-refractivity contribution in [2.45, 2.75) is 19.1 Å². The third-order valence-corrected chi connectivity index (χ3v) is 4.35. The van der Waals surface area contributed by atoms with Crippen LogP contribution < -0.4 is 0 Å². The van der Waals surface area contributed by atoms with Gasteiger partial charge >= 0.3 is 0 Å². The van der Waals surface area contributed by atoms with Gasteiger partial charge in [-0.05, 0) is 18.6 Å². The first-order valence-electron chi connectivity index (χ1n) is 8.38. The molecule has 1 aromatic carbocycles. The van der Waals surface area contributed by atoms with Gasteiger partial charge in [0.25, 0.3) is 5.91 Å². The lowest BCUT2D eigenvalue weighted by atomic mass is 10.1. The molecule has 128 valence electrons. The van der Waals surface area contributed by atoms with E-state index >= 15 is 0 Å². The number of rotatable bonds is 5. The number of aromatic nitrogens is 2. The SMILES string of the molecule is C[C@H](O)CN1CCN(C(=O)[C@@H](c2ccccc2)n2cccn2)CC1. The first-order valence-corrected chi connectivity index (χ1v) is 8.38. The van der Waals surface area contributed by atoms with Gasteiger partial charge in [0.1, 0.15) is 0 Å². The lowest BCUT2D eigenvalue weighted by Gasteiger charge is -2.37. The molecule has 1 aliphatic heterocycles. The van der Waals surface area contributed by atoms with E-state index in [0.29, 0.717) is 19.6 Å². The first kappa shape index (κ1) is 16.7. The topological polar surface area (TPSA) is 61.6 Å². The average Bonchev–Trinajstić information content (AvgIpc) is 3.10. The van der Waals surface area contributed by atoms with Crippen LogP contribution >= 0.6 is 0 Å². The molecule has 1 aliphatic rings. The zero-order valence-electron chi connectivity index (χ0n) is 14.0. The number of aliphatic hydroxyl groups is 1. The van der Waals surface area contributed by atoms with Crippen molar-refractivity contribution in [3.05, 3.63) is 54.4 Å². The number of aliphatic hydroxyl groups excluding tert-OH is 1. The summed E-state index contributed by atoms with van der Waals surface area (Å²) in [5.74, 6) is 0.0709. The van der Waals surface area contributed by atoms with Gasteiger partial charge in [-0.1, -0.05) is 30.3 Å². The molecule has 1 amide bonds. The molecular weight excluding hydrogens is 304 g/mol. The Morgan fingerprint density at radius 2 is 1.88 bits per heavy atom. The number of β-amino-alcohol motifs (C(OH)–C–C–N with tert-alkyl or cyclic N) is 1. The molecule has 0 spiro atoms. The maximum atomic E-state index is 13.1. The number of hydrogen-bond acceptors (Lipinski definition) is 4. The van der Waals surface area contributed by atoms with Crippen LogP contribution in [0, 0.1) is 0 Å². The van der Waals surface area contributed by atoms with E-state index in [1.54, 1.807) is 17.8 Å². The van der Waals surface area contributed by atoms with Gasteiger partial charge in [-0.2, -0.15) is 5.10 Å². The van der Waals surface area contributed by atoms with Gasteiger partial charge in [0.05, 0.1) is 6.10 Å². The molecule has 1 aromatic heterocycles. The summed E-state index contributed by atoms with van der Waals surface area (Å²) in [6.45, 7) is 5.38. The van der Waals surface area contributed by atoms with Crippen molar-refractivity contribution >= 4 is 5.91 Å². The summed E-state index contributed by atoms with van der Waals surface area (Å²) < 4.78 is 1.72. The Labute approximate surface area is 142 Å². The van der Waals surface area contributed by atoms with Crippen LogP contribution in [0.3, 0.4) is 0 Å². The molecule has 2 atom stereocenters. The van der Waals surface area contributed by atoms with Crippen molar-refractivity contribution in [3.8, 4) is 0 Å². The largest absolute Gasteiger partial charge is 0.392 e. The predicted molar refractivity (Wildman–Crippen MR) is 91.5 cm³/mol. The van der Waals surface area contributed by atoms with Crippen molar-refractivity contribution in [1.82, 2.24) is 19.6 Å². The van der Waals surface area contributed by atoms with E-state index in [-0.39, 0.29) is 12.0 Å². The Morgan fingerprint density at radius 1 is 1.17 bits per heavy atom. The summed E-state index contributed by atoms with van der Waals surface area (Å²) in [6, 6.07) is 11.2. The van der Waals surface area contributed by atoms with Crippen LogP contribution in [-0.2, 0) is 4.79 Å². The van der Waals surface area contributed by atoms with Crippen LogP contribution in [0.15, 0.2) is 48.8 Å². The summed E-state index contributed by atoms with van der Waals surface area (Å²) in [6.07, 6.45) is 3.19. The van der Waals surface area contributed by atoms with Crippen molar-refractivity contribution < 1.29 is 9.90 Å². The molecular formula is C18H24N4O2. The fourth-order valence-electron chi connectivity index (χ4n) is 3.17. The van der Waals surface area contributed by atoms with Gasteiger partial charge in [0.15, 0.2) is 6.04 Å². The number of piperazine rings is 1. The highest BCUT2D eigenvalue weighted by atomic mass is 16.3. The van der Waals surface area contributed by atoms with Crippen LogP contribution in [0.2, 0.25) is 0 Å². The summed E-state index contributed by atoms with van der Waals surface area (Å²) in [7, 11) is 0. The van der Waals surface area contributed by atoms with E-state index in [0.717, 1.165) is 18.7 Å². The van der Waals surface area contributed by atoms with Gasteiger partial charge in [0.2, 0.25) is 0 Å². The van der Waals surface area contributed by atoms with Crippen molar-refractivity contribution in [1.29, 1.82) is 0 Å². The average molecular weight is 328 g/mol. The molecule has 1 N–H and O–H groups in total. The monoisotopic (exact) mass is 328 g/mol. The molecule has 0 saturated carbocycles. The summed E-state index contributed by atoms with van der Waals surface area (Å²) in [5, 5.41) is 13.8. The Hall–Kier alpha value is -2.18. The van der Waals surface area contributed by atoms with Gasteiger partial charge in [-0.3, -0.25) is 14.4 Å². The molecule has 0 radical (unpaired) electrons. The fraction of sp³-hybridized carbons (Fsp3) is 0.444. The van der Waals surface area contributed by atoms with Crippen LogP contribution in [0.25, 0.3) is 0 Å². The highest BCUT2D eigenvalue weighted by molar-refractivity contribution is 5.83. The molecule has 1 fully saturated rings. The van der Waals surface area contributed by atoms with Crippen molar-refractivity contribution in [2.24, 2.45) is 0 Å². The third kappa shape index (κ3) is 3.83. The summed E-state index contributed by atoms with van der Waals surface area (Å²) >= 11 is 0. The fourth-order valence-corrected chi connectivity index (χ4v) is 3.17. The Morgan fingerprint density at radius 3 is 2.46 bits per heavy atom. The first-order chi connectivity index (χ1) is 11.6. The van der Waals surface area contributed by atoms with E-state index in [9.17, 15) is 9.90 Å². The Balaban J connectivity index is 1.74. The number of nitrogens with zero attached hydrogens (tertiary/aromatic N) is 4. The number of carbonyl (C=O) groups is 1. The lowest BCUT2D eigenvalue weighted by molar-refractivity contribution is -0.135. The van der Waals surface area contributed by atoms with Gasteiger partial charge < -0.3 is 10.0 Å². The van der Waals surface area contributed by atoms with E-state index in [4.69, 9.17) is 0 Å². The van der Waals surface area contributed by atoms with Gasteiger partial charge in [0, 0.05) is 45.1 Å². The number of carbonyl (C=O) groups excluding carboxylic acids is 1. The van der Waals surface area contributed by atoms with Crippen molar-refractivity contribution in [2.75, 3.05) is 32.7 Å². The van der Waals surface area contributed by atoms with Gasteiger partial charge in [-0.15, -0.1) is 0 Å². The van der Waals surface area contributed by atoms with E-state index in [1.807, 2.05) is 47.5 Å². The van der Waals surface area contributed by atoms with E-state index in [2.05, 4.69) is 10.00 Å². The molecule has 6 nitrogen and oxygen atoms in total. The summed E-state index contributed by atoms with van der Waals surface area (Å²) in [5.41, 5.74) is 0.942. The number of amides is 1. The smallest absolute Gasteiger partial charge is 0.252 e. The van der Waals surface area contributed by atoms with Crippen LogP contribution in [0.4, 0.5) is 0 Å². The molecule has 0 aliphatic carbocycles. The zero-order chi connectivity index (χ0) is 16.9. The van der Waals surface area contributed by atoms with Crippen LogP contribution in [-0.4, -0.2) is 69.4 Å². The Kier molecular flexibility index (Phi) is 5.27. The third-order valence-electron chi connectivity index (χ3n) is 4.35. The molecule has 24 heavy (non-hydrogen) atoms. The van der Waals surface area contributed by atoms with Crippen LogP contribution in [0.5, 0.6) is 0 Å². The van der Waals surface area contributed by atoms with Gasteiger partial charge in [-0.25, -0.2) is 0 Å². The second-order valence-corrected chi connectivity index (χ2v) is 6.27. The minimum atomic E-state index is -0.426. The summed E-state index contributed by atoms with van der Waals surface area (Å²) in [4.78, 5) is 17.2. The second kappa shape index (κ2) is 7.59. The predicted octanol–water partition coefficient (Wildman–Crippen LogP) is 0.997. The molecule has 0 bridgehead atoms. The normalized spacial score (nSPS) is 18.3. The lowest BCUT2D eigenvalue weighted by Crippen LogP contribution is -2.51. The minimum absolute atomic E-state index is 0.0709. The maximum Gasteiger partial charge on any atom is 0.252 e. The zero-order valence-corrected chi connectivity index (χ0v) is 14.0. The standard InChI is InChI=1S/C18H24N4O2/c1-15(23)14-20-10-12-21(13-11-20)18(24)17(22-9-5-8-19-22)16-6-3-2-4-7-16/h2-9,15,17,23H,10-14H2,1H3/t15-,17+/m0/s1. The number of hydrogen-bond donors (Lipinski definition) is 1. The highest BCUT2D eigenvalue weighted by Gasteiger charge is 2.30. The van der Waals surface area contributed by atoms with Crippen molar-refractivity contribution in [3.63, 3.8) is 0 Å². The molecule has 1 saturated heterocycles. The molecule has 0 unspecified atom stereocenters. The van der Waals surface area contributed by atoms with E-state index in [1.165, 1.54) is 0 Å². The maximum absolute atomic E-state index is 13.1. The van der Waals surface area contributed by atoms with Crippen LogP contribution in [0.1, 0.15) is 18.5 Å². The Bertz CT molecular complexity index is 634.